The van der Waals surface area contributed by atoms with E-state index < -0.39 is 5.92 Å². The molecule has 0 fully saturated rings. The molecule has 1 aliphatic heterocycles. The van der Waals surface area contributed by atoms with Gasteiger partial charge in [0.05, 0.1) is 0 Å². The monoisotopic (exact) mass is 433 g/mol. The number of amides is 1. The number of hydrogen-bond acceptors (Lipinski definition) is 5. The smallest absolute Gasteiger partial charge is 0.255 e. The molecule has 1 aromatic carbocycles. The van der Waals surface area contributed by atoms with Crippen LogP contribution in [-0.4, -0.2) is 22.9 Å². The summed E-state index contributed by atoms with van der Waals surface area (Å²) in [7, 11) is 0. The molecule has 5 nitrogen and oxygen atoms in total. The van der Waals surface area contributed by atoms with Crippen LogP contribution >= 0.6 is 11.8 Å². The van der Waals surface area contributed by atoms with Gasteiger partial charge in [0.2, 0.25) is 0 Å². The maximum absolute atomic E-state index is 13.4. The number of aromatic nitrogens is 1. The molecule has 1 aromatic heterocycles. The van der Waals surface area contributed by atoms with Crippen molar-refractivity contribution in [1.29, 1.82) is 0 Å². The van der Waals surface area contributed by atoms with Gasteiger partial charge in [-0.15, -0.1) is 11.8 Å². The lowest BCUT2D eigenvalue weighted by atomic mass is 9.73. The number of carbonyl (C=O) groups excluding carboxylic acids is 2. The molecular formula is C25H27N3O2S. The van der Waals surface area contributed by atoms with Crippen LogP contribution < -0.4 is 10.6 Å². The van der Waals surface area contributed by atoms with Crippen molar-refractivity contribution in [2.45, 2.75) is 44.4 Å². The topological polar surface area (TPSA) is 71.1 Å². The second-order valence-corrected chi connectivity index (χ2v) is 9.25. The largest absolute Gasteiger partial charge is 0.362 e. The van der Waals surface area contributed by atoms with Gasteiger partial charge in [-0.2, -0.15) is 0 Å². The minimum atomic E-state index is -0.391. The molecule has 2 N–H and O–H groups in total. The van der Waals surface area contributed by atoms with Gasteiger partial charge < -0.3 is 10.6 Å². The number of pyridine rings is 1. The van der Waals surface area contributed by atoms with E-state index in [0.717, 1.165) is 39.4 Å². The Morgan fingerprint density at radius 3 is 2.52 bits per heavy atom. The number of ketones is 1. The van der Waals surface area contributed by atoms with E-state index in [4.69, 9.17) is 0 Å². The van der Waals surface area contributed by atoms with E-state index >= 15 is 0 Å². The summed E-state index contributed by atoms with van der Waals surface area (Å²) in [5, 5.41) is 6.31. The first-order chi connectivity index (χ1) is 14.9. The molecule has 1 aliphatic carbocycles. The van der Waals surface area contributed by atoms with Gasteiger partial charge >= 0.3 is 0 Å². The summed E-state index contributed by atoms with van der Waals surface area (Å²) in [6.45, 7) is 5.96. The first-order valence-electron chi connectivity index (χ1n) is 10.5. The fourth-order valence-corrected chi connectivity index (χ4v) is 4.80. The van der Waals surface area contributed by atoms with E-state index in [1.807, 2.05) is 50.4 Å². The fourth-order valence-electron chi connectivity index (χ4n) is 4.39. The van der Waals surface area contributed by atoms with Crippen LogP contribution in [0.25, 0.3) is 0 Å². The van der Waals surface area contributed by atoms with Crippen LogP contribution in [0.3, 0.4) is 0 Å². The number of aryl methyl sites for hydroxylation is 1. The van der Waals surface area contributed by atoms with Crippen LogP contribution in [0.15, 0.2) is 70.0 Å². The third kappa shape index (κ3) is 4.30. The summed E-state index contributed by atoms with van der Waals surface area (Å²) < 4.78 is 0. The van der Waals surface area contributed by atoms with Crippen molar-refractivity contribution >= 4 is 29.3 Å². The third-order valence-corrected chi connectivity index (χ3v) is 6.62. The number of rotatable bonds is 4. The van der Waals surface area contributed by atoms with Gasteiger partial charge in [-0.05, 0) is 61.8 Å². The van der Waals surface area contributed by atoms with Crippen LogP contribution in [0.5, 0.6) is 0 Å². The minimum absolute atomic E-state index is 0.117. The Kier molecular flexibility index (Phi) is 6.01. The van der Waals surface area contributed by atoms with E-state index in [0.29, 0.717) is 23.7 Å². The fraction of sp³-hybridized carbons (Fsp3) is 0.320. The number of anilines is 1. The lowest BCUT2D eigenvalue weighted by molar-refractivity contribution is -0.117. The van der Waals surface area contributed by atoms with E-state index in [1.54, 1.807) is 24.0 Å². The molecule has 0 bridgehead atoms. The first kappa shape index (κ1) is 21.4. The number of thioether (sulfide) groups is 1. The molecule has 2 atom stereocenters. The highest BCUT2D eigenvalue weighted by molar-refractivity contribution is 7.98. The summed E-state index contributed by atoms with van der Waals surface area (Å²) in [6.07, 6.45) is 5.07. The Morgan fingerprint density at radius 1 is 1.13 bits per heavy atom. The summed E-state index contributed by atoms with van der Waals surface area (Å²) in [5.41, 5.74) is 5.00. The van der Waals surface area contributed by atoms with Crippen molar-refractivity contribution in [3.8, 4) is 0 Å². The first-order valence-corrected chi connectivity index (χ1v) is 11.7. The molecule has 4 rings (SSSR count). The molecule has 1 amide bonds. The highest BCUT2D eigenvalue weighted by Gasteiger charge is 2.39. The van der Waals surface area contributed by atoms with Crippen molar-refractivity contribution in [3.05, 3.63) is 76.3 Å². The highest BCUT2D eigenvalue weighted by Crippen LogP contribution is 2.43. The van der Waals surface area contributed by atoms with Crippen LogP contribution in [0.1, 0.15) is 43.7 Å². The molecular weight excluding hydrogens is 406 g/mol. The molecule has 0 saturated heterocycles. The number of allylic oxidation sites excluding steroid dienone is 3. The zero-order valence-electron chi connectivity index (χ0n) is 18.3. The third-order valence-electron chi connectivity index (χ3n) is 5.88. The van der Waals surface area contributed by atoms with Gasteiger partial charge in [0.25, 0.3) is 5.91 Å². The summed E-state index contributed by atoms with van der Waals surface area (Å²) >= 11 is 1.67. The molecule has 2 aliphatic rings. The average molecular weight is 434 g/mol. The summed E-state index contributed by atoms with van der Waals surface area (Å²) in [4.78, 5) is 32.0. The van der Waals surface area contributed by atoms with E-state index in [2.05, 4.69) is 22.5 Å². The van der Waals surface area contributed by atoms with Crippen LogP contribution in [0.4, 0.5) is 5.82 Å². The quantitative estimate of drug-likeness (QED) is 0.667. The Bertz CT molecular complexity index is 1080. The van der Waals surface area contributed by atoms with Crippen molar-refractivity contribution < 1.29 is 9.59 Å². The molecule has 0 unspecified atom stereocenters. The number of nitrogens with zero attached hydrogens (tertiary/aromatic N) is 1. The lowest BCUT2D eigenvalue weighted by Crippen LogP contribution is -2.37. The predicted molar refractivity (Wildman–Crippen MR) is 125 cm³/mol. The minimum Gasteiger partial charge on any atom is -0.362 e. The number of nitrogens with one attached hydrogen (secondary N) is 2. The van der Waals surface area contributed by atoms with E-state index in [1.165, 1.54) is 0 Å². The maximum Gasteiger partial charge on any atom is 0.255 e. The second kappa shape index (κ2) is 8.71. The van der Waals surface area contributed by atoms with Gasteiger partial charge in [0, 0.05) is 46.0 Å². The summed E-state index contributed by atoms with van der Waals surface area (Å²) in [6, 6.07) is 11.9. The Morgan fingerprint density at radius 2 is 1.87 bits per heavy atom. The van der Waals surface area contributed by atoms with Gasteiger partial charge in [0.1, 0.15) is 5.82 Å². The lowest BCUT2D eigenvalue weighted by Gasteiger charge is -2.36. The highest BCUT2D eigenvalue weighted by atomic mass is 32.2. The Hall–Kier alpha value is -2.86. The molecule has 160 valence electrons. The van der Waals surface area contributed by atoms with Crippen LogP contribution in [0, 0.1) is 12.8 Å². The van der Waals surface area contributed by atoms with Crippen LogP contribution in [-0.2, 0) is 9.59 Å². The summed E-state index contributed by atoms with van der Waals surface area (Å²) in [5.74, 6) is 0.274. The van der Waals surface area contributed by atoms with Gasteiger partial charge in [0.15, 0.2) is 5.78 Å². The standard InChI is InChI=1S/C25H27N3O2S/c1-14-5-10-21(26-13-14)28-25(30)22-16(3)27-19-11-15(2)12-20(29)24(19)23(22)17-6-8-18(31-4)9-7-17/h5-10,13,15,23,27H,11-12H2,1-4H3,(H,26,28,30)/t15-,23-/m1/s1. The Balaban J connectivity index is 1.77. The van der Waals surface area contributed by atoms with Crippen molar-refractivity contribution in [1.82, 2.24) is 10.3 Å². The molecule has 31 heavy (non-hydrogen) atoms. The molecule has 6 heteroatoms. The number of benzene rings is 1. The van der Waals surface area contributed by atoms with Gasteiger partial charge in [-0.3, -0.25) is 9.59 Å². The molecule has 0 spiro atoms. The second-order valence-electron chi connectivity index (χ2n) is 8.37. The number of carbonyl (C=O) groups is 2. The molecule has 0 radical (unpaired) electrons. The van der Waals surface area contributed by atoms with Gasteiger partial charge in [-0.25, -0.2) is 4.98 Å². The zero-order chi connectivity index (χ0) is 22.1. The molecule has 2 heterocycles. The number of dihydropyridines is 1. The molecule has 0 saturated carbocycles. The van der Waals surface area contributed by atoms with E-state index in [-0.39, 0.29) is 11.7 Å². The molecule has 2 aromatic rings. The number of hydrogen-bond donors (Lipinski definition) is 2. The maximum atomic E-state index is 13.4. The van der Waals surface area contributed by atoms with Crippen molar-refractivity contribution in [2.75, 3.05) is 11.6 Å². The van der Waals surface area contributed by atoms with E-state index in [9.17, 15) is 9.59 Å². The zero-order valence-corrected chi connectivity index (χ0v) is 19.1. The Labute approximate surface area is 187 Å². The van der Waals surface area contributed by atoms with Crippen LogP contribution in [0.2, 0.25) is 0 Å². The van der Waals surface area contributed by atoms with Crippen molar-refractivity contribution in [2.24, 2.45) is 5.92 Å². The average Bonchev–Trinajstić information content (AvgIpc) is 2.74. The number of Topliss-reactive ketones (excluding diaryl/α,β-unsaturated/α-hetero) is 1. The predicted octanol–water partition coefficient (Wildman–Crippen LogP) is 4.96. The van der Waals surface area contributed by atoms with Gasteiger partial charge in [-0.1, -0.05) is 25.1 Å². The SMILES string of the molecule is CSc1ccc([C@@H]2C(C(=O)Nc3ccc(C)cn3)=C(C)NC3=C2C(=O)C[C@H](C)C3)cc1. The van der Waals surface area contributed by atoms with Crippen molar-refractivity contribution in [3.63, 3.8) is 0 Å². The normalized spacial score (nSPS) is 21.0.